The molecule has 1 unspecified atom stereocenters. The van der Waals surface area contributed by atoms with Gasteiger partial charge < -0.3 is 20.8 Å². The Morgan fingerprint density at radius 2 is 1.58 bits per heavy atom. The predicted molar refractivity (Wildman–Crippen MR) is 126 cm³/mol. The Balaban J connectivity index is 1.84. The topological polar surface area (TPSA) is 104 Å². The van der Waals surface area contributed by atoms with Gasteiger partial charge in [0.25, 0.3) is 5.92 Å². The summed E-state index contributed by atoms with van der Waals surface area (Å²) in [5.74, 6) is -6.64. The second-order valence-electron chi connectivity index (χ2n) is 7.89. The third-order valence-corrected chi connectivity index (χ3v) is 5.05. The molecular weight excluding hydrogens is 480 g/mol. The summed E-state index contributed by atoms with van der Waals surface area (Å²) in [5.41, 5.74) is 0.283. The van der Waals surface area contributed by atoms with Crippen LogP contribution in [-0.2, 0) is 15.5 Å². The highest BCUT2D eigenvalue weighted by Gasteiger charge is 2.30. The number of aromatic nitrogens is 1. The van der Waals surface area contributed by atoms with Crippen molar-refractivity contribution in [1.29, 1.82) is 5.41 Å². The number of alkyl halides is 4. The molecule has 3 rings (SSSR count). The first kappa shape index (κ1) is 26.3. The Labute approximate surface area is 204 Å². The van der Waals surface area contributed by atoms with Crippen LogP contribution in [0.25, 0.3) is 11.1 Å². The van der Waals surface area contributed by atoms with Gasteiger partial charge in [-0.2, -0.15) is 8.78 Å². The highest BCUT2D eigenvalue weighted by molar-refractivity contribution is 6.24. The standard InChI is InChI=1S/C25H22F4N4O3/c1-14(30)21(22(34)32-17-5-3-4-16(12-17)25(2,28)29)23(35)33-18-6-7-20(36-24(26)27)19(13-18)15-8-10-31-11-9-15/h3-13,21,24,30H,1-2H3,(H,32,34)(H,33,35). The second kappa shape index (κ2) is 11.0. The zero-order chi connectivity index (χ0) is 26.5. The minimum atomic E-state index is -3.14. The van der Waals surface area contributed by atoms with Crippen LogP contribution in [0.15, 0.2) is 67.0 Å². The molecule has 7 nitrogen and oxygen atoms in total. The fourth-order valence-electron chi connectivity index (χ4n) is 3.37. The number of rotatable bonds is 9. The van der Waals surface area contributed by atoms with Crippen LogP contribution in [0.1, 0.15) is 19.4 Å². The lowest BCUT2D eigenvalue weighted by Gasteiger charge is -2.18. The van der Waals surface area contributed by atoms with Gasteiger partial charge in [0.1, 0.15) is 5.75 Å². The number of hydrogen-bond donors (Lipinski definition) is 3. The molecule has 0 spiro atoms. The molecule has 3 aromatic rings. The summed E-state index contributed by atoms with van der Waals surface area (Å²) < 4.78 is 57.5. The summed E-state index contributed by atoms with van der Waals surface area (Å²) >= 11 is 0. The minimum absolute atomic E-state index is 0.0338. The number of benzene rings is 2. The Morgan fingerprint density at radius 3 is 2.14 bits per heavy atom. The molecule has 1 heterocycles. The van der Waals surface area contributed by atoms with Crippen molar-refractivity contribution in [3.05, 3.63) is 72.6 Å². The van der Waals surface area contributed by atoms with E-state index in [-0.39, 0.29) is 34.0 Å². The highest BCUT2D eigenvalue weighted by atomic mass is 19.3. The molecule has 1 atom stereocenters. The number of carbonyl (C=O) groups is 2. The van der Waals surface area contributed by atoms with Gasteiger partial charge >= 0.3 is 6.61 Å². The van der Waals surface area contributed by atoms with Crippen molar-refractivity contribution >= 4 is 28.9 Å². The first-order valence-electron chi connectivity index (χ1n) is 10.6. The van der Waals surface area contributed by atoms with E-state index in [4.69, 9.17) is 5.41 Å². The van der Waals surface area contributed by atoms with Crippen molar-refractivity contribution < 1.29 is 31.9 Å². The number of hydrogen-bond acceptors (Lipinski definition) is 5. The van der Waals surface area contributed by atoms with Crippen LogP contribution < -0.4 is 15.4 Å². The van der Waals surface area contributed by atoms with Crippen LogP contribution in [0, 0.1) is 11.3 Å². The molecule has 11 heteroatoms. The van der Waals surface area contributed by atoms with E-state index in [1.54, 1.807) is 12.1 Å². The summed E-state index contributed by atoms with van der Waals surface area (Å²) in [7, 11) is 0. The largest absolute Gasteiger partial charge is 0.434 e. The molecule has 2 amide bonds. The predicted octanol–water partition coefficient (Wildman–Crippen LogP) is 5.69. The van der Waals surface area contributed by atoms with E-state index < -0.39 is 30.3 Å². The average molecular weight is 502 g/mol. The van der Waals surface area contributed by atoms with E-state index in [1.165, 1.54) is 55.7 Å². The van der Waals surface area contributed by atoms with Crippen LogP contribution in [-0.4, -0.2) is 29.1 Å². The van der Waals surface area contributed by atoms with Crippen molar-refractivity contribution in [2.75, 3.05) is 10.6 Å². The lowest BCUT2D eigenvalue weighted by Crippen LogP contribution is -2.38. The van der Waals surface area contributed by atoms with Crippen LogP contribution in [0.3, 0.4) is 0 Å². The van der Waals surface area contributed by atoms with E-state index in [2.05, 4.69) is 20.4 Å². The Bertz CT molecular complexity index is 1260. The lowest BCUT2D eigenvalue weighted by molar-refractivity contribution is -0.126. The van der Waals surface area contributed by atoms with Gasteiger partial charge in [0.05, 0.1) is 0 Å². The minimum Gasteiger partial charge on any atom is -0.434 e. The Hall–Kier alpha value is -4.28. The first-order chi connectivity index (χ1) is 17.0. The van der Waals surface area contributed by atoms with E-state index >= 15 is 0 Å². The van der Waals surface area contributed by atoms with Gasteiger partial charge in [0, 0.05) is 47.5 Å². The van der Waals surface area contributed by atoms with Gasteiger partial charge in [0.15, 0.2) is 5.92 Å². The number of anilines is 2. The van der Waals surface area contributed by atoms with Crippen molar-refractivity contribution in [3.63, 3.8) is 0 Å². The highest BCUT2D eigenvalue weighted by Crippen LogP contribution is 2.34. The summed E-state index contributed by atoms with van der Waals surface area (Å²) in [4.78, 5) is 29.6. The van der Waals surface area contributed by atoms with Crippen LogP contribution in [0.5, 0.6) is 5.75 Å². The maximum Gasteiger partial charge on any atom is 0.387 e. The maximum atomic E-state index is 13.6. The lowest BCUT2D eigenvalue weighted by atomic mass is 10.0. The van der Waals surface area contributed by atoms with Crippen LogP contribution in [0.2, 0.25) is 0 Å². The summed E-state index contributed by atoms with van der Waals surface area (Å²) in [6.45, 7) is -1.11. The third kappa shape index (κ3) is 6.65. The average Bonchev–Trinajstić information content (AvgIpc) is 2.79. The van der Waals surface area contributed by atoms with Crippen LogP contribution in [0.4, 0.5) is 28.9 Å². The molecular formula is C25H22F4N4O3. The fraction of sp³-hybridized carbons (Fsp3) is 0.200. The van der Waals surface area contributed by atoms with Gasteiger partial charge in [-0.05, 0) is 55.0 Å². The first-order valence-corrected chi connectivity index (χ1v) is 10.6. The molecule has 36 heavy (non-hydrogen) atoms. The fourth-order valence-corrected chi connectivity index (χ4v) is 3.37. The van der Waals surface area contributed by atoms with Crippen molar-refractivity contribution in [3.8, 4) is 16.9 Å². The summed E-state index contributed by atoms with van der Waals surface area (Å²) in [6, 6.07) is 12.0. The van der Waals surface area contributed by atoms with Gasteiger partial charge in [0.2, 0.25) is 11.8 Å². The van der Waals surface area contributed by atoms with Gasteiger partial charge in [-0.25, -0.2) is 8.78 Å². The monoisotopic (exact) mass is 502 g/mol. The van der Waals surface area contributed by atoms with E-state index in [0.717, 1.165) is 6.07 Å². The smallest absolute Gasteiger partial charge is 0.387 e. The van der Waals surface area contributed by atoms with Crippen molar-refractivity contribution in [2.45, 2.75) is 26.4 Å². The molecule has 1 aromatic heterocycles. The van der Waals surface area contributed by atoms with E-state index in [1.807, 2.05) is 0 Å². The van der Waals surface area contributed by atoms with Crippen LogP contribution >= 0.6 is 0 Å². The maximum absolute atomic E-state index is 13.6. The zero-order valence-electron chi connectivity index (χ0n) is 19.2. The molecule has 0 radical (unpaired) electrons. The van der Waals surface area contributed by atoms with Gasteiger partial charge in [-0.15, -0.1) is 0 Å². The summed E-state index contributed by atoms with van der Waals surface area (Å²) in [5, 5.41) is 12.8. The molecule has 0 bridgehead atoms. The number of amides is 2. The number of nitrogens with zero attached hydrogens (tertiary/aromatic N) is 1. The van der Waals surface area contributed by atoms with E-state index in [0.29, 0.717) is 12.5 Å². The number of ether oxygens (including phenoxy) is 1. The zero-order valence-corrected chi connectivity index (χ0v) is 19.2. The number of halogens is 4. The quantitative estimate of drug-likeness (QED) is 0.199. The molecule has 188 valence electrons. The Kier molecular flexibility index (Phi) is 8.03. The molecule has 0 aliphatic rings. The van der Waals surface area contributed by atoms with Gasteiger partial charge in [-0.1, -0.05) is 12.1 Å². The SMILES string of the molecule is CC(=N)C(C(=O)Nc1cccc(C(C)(F)F)c1)C(=O)Nc1ccc(OC(F)F)c(-c2ccncc2)c1. The third-order valence-electron chi connectivity index (χ3n) is 5.05. The van der Waals surface area contributed by atoms with Gasteiger partial charge in [-0.3, -0.25) is 14.6 Å². The van der Waals surface area contributed by atoms with Crippen molar-refractivity contribution in [1.82, 2.24) is 4.98 Å². The molecule has 0 fully saturated rings. The number of nitrogens with one attached hydrogen (secondary N) is 3. The normalized spacial score (nSPS) is 12.1. The molecule has 0 aliphatic carbocycles. The second-order valence-corrected chi connectivity index (χ2v) is 7.89. The molecule has 0 saturated heterocycles. The number of carbonyl (C=O) groups excluding carboxylic acids is 2. The molecule has 0 saturated carbocycles. The van der Waals surface area contributed by atoms with Crippen molar-refractivity contribution in [2.24, 2.45) is 5.92 Å². The molecule has 0 aliphatic heterocycles. The Morgan fingerprint density at radius 1 is 0.972 bits per heavy atom. The molecule has 3 N–H and O–H groups in total. The molecule has 2 aromatic carbocycles. The summed E-state index contributed by atoms with van der Waals surface area (Å²) in [6.07, 6.45) is 2.91. The van der Waals surface area contributed by atoms with E-state index in [9.17, 15) is 27.2 Å². The number of pyridine rings is 1.